The van der Waals surface area contributed by atoms with Gasteiger partial charge in [0.2, 0.25) is 0 Å². The molecule has 10 nitrogen and oxygen atoms in total. The summed E-state index contributed by atoms with van der Waals surface area (Å²) >= 11 is 3.43. The molecule has 1 aromatic carbocycles. The van der Waals surface area contributed by atoms with Crippen molar-refractivity contribution in [1.82, 2.24) is 19.6 Å². The summed E-state index contributed by atoms with van der Waals surface area (Å²) in [5, 5.41) is 27.8. The van der Waals surface area contributed by atoms with Gasteiger partial charge in [-0.3, -0.25) is 34.0 Å². The van der Waals surface area contributed by atoms with Crippen LogP contribution in [0.5, 0.6) is 0 Å². The average molecular weight is 515 g/mol. The standard InChI is InChI=1S/C21H31BrN4O6/c22-18-3-1-17(2-4-18)13-23-5-7-24(14-19(27)28)9-11-26(16-21(31)32)12-10-25(8-6-23)15-20(29)30/h1-4H,5-16H2,(H,27,28)(H,29,30)(H,31,32). The van der Waals surface area contributed by atoms with Crippen molar-refractivity contribution in [3.8, 4) is 0 Å². The highest BCUT2D eigenvalue weighted by molar-refractivity contribution is 9.10. The molecule has 0 unspecified atom stereocenters. The molecule has 11 heteroatoms. The van der Waals surface area contributed by atoms with Crippen LogP contribution in [0.15, 0.2) is 28.7 Å². The fraction of sp³-hybridized carbons (Fsp3) is 0.571. The summed E-state index contributed by atoms with van der Waals surface area (Å²) in [4.78, 5) is 41.4. The van der Waals surface area contributed by atoms with Gasteiger partial charge in [-0.1, -0.05) is 28.1 Å². The van der Waals surface area contributed by atoms with Gasteiger partial charge in [-0.15, -0.1) is 0 Å². The SMILES string of the molecule is O=C(O)CN1CCN(CC(=O)O)CCN(Cc2ccc(Br)cc2)CCN(CC(=O)O)CC1. The Balaban J connectivity index is 2.15. The van der Waals surface area contributed by atoms with E-state index in [1.165, 1.54) is 0 Å². The first kappa shape index (κ1) is 26.2. The molecule has 1 aliphatic rings. The number of nitrogens with zero attached hydrogens (tertiary/aromatic N) is 4. The smallest absolute Gasteiger partial charge is 0.317 e. The number of carbonyl (C=O) groups is 3. The van der Waals surface area contributed by atoms with Gasteiger partial charge in [-0.25, -0.2) is 0 Å². The zero-order valence-electron chi connectivity index (χ0n) is 18.0. The number of aliphatic carboxylic acids is 3. The van der Waals surface area contributed by atoms with E-state index in [4.69, 9.17) is 0 Å². The third-order valence-electron chi connectivity index (χ3n) is 5.33. The summed E-state index contributed by atoms with van der Waals surface area (Å²) in [6, 6.07) is 7.98. The van der Waals surface area contributed by atoms with Crippen molar-refractivity contribution in [1.29, 1.82) is 0 Å². The molecule has 0 aliphatic carbocycles. The van der Waals surface area contributed by atoms with Crippen molar-refractivity contribution in [2.24, 2.45) is 0 Å². The Morgan fingerprint density at radius 1 is 0.625 bits per heavy atom. The Labute approximate surface area is 196 Å². The van der Waals surface area contributed by atoms with E-state index in [1.54, 1.807) is 4.90 Å². The van der Waals surface area contributed by atoms with Gasteiger partial charge < -0.3 is 15.3 Å². The molecule has 0 atom stereocenters. The first-order chi connectivity index (χ1) is 15.2. The van der Waals surface area contributed by atoms with E-state index in [0.717, 1.165) is 10.0 Å². The fourth-order valence-corrected chi connectivity index (χ4v) is 3.90. The van der Waals surface area contributed by atoms with Crippen molar-refractivity contribution in [2.75, 3.05) is 72.0 Å². The van der Waals surface area contributed by atoms with Crippen LogP contribution in [0.4, 0.5) is 0 Å². The molecule has 0 aromatic heterocycles. The number of carboxylic acids is 3. The monoisotopic (exact) mass is 514 g/mol. The minimum atomic E-state index is -0.965. The Morgan fingerprint density at radius 3 is 1.25 bits per heavy atom. The van der Waals surface area contributed by atoms with E-state index in [0.29, 0.717) is 58.9 Å². The number of hydrogen-bond acceptors (Lipinski definition) is 7. The second kappa shape index (κ2) is 13.5. The van der Waals surface area contributed by atoms with Gasteiger partial charge >= 0.3 is 17.9 Å². The molecule has 178 valence electrons. The van der Waals surface area contributed by atoms with Crippen LogP contribution in [0.2, 0.25) is 0 Å². The van der Waals surface area contributed by atoms with E-state index < -0.39 is 17.9 Å². The van der Waals surface area contributed by atoms with E-state index in [2.05, 4.69) is 20.8 Å². The first-order valence-corrected chi connectivity index (χ1v) is 11.3. The molecular formula is C21H31BrN4O6. The lowest BCUT2D eigenvalue weighted by Gasteiger charge is -2.33. The number of benzene rings is 1. The molecule has 0 saturated carbocycles. The van der Waals surface area contributed by atoms with Crippen LogP contribution in [-0.2, 0) is 20.9 Å². The molecule has 1 fully saturated rings. The lowest BCUT2D eigenvalue weighted by Crippen LogP contribution is -2.48. The highest BCUT2D eigenvalue weighted by Crippen LogP contribution is 2.13. The first-order valence-electron chi connectivity index (χ1n) is 10.5. The van der Waals surface area contributed by atoms with Gasteiger partial charge in [-0.2, -0.15) is 0 Å². The van der Waals surface area contributed by atoms with Crippen molar-refractivity contribution in [2.45, 2.75) is 6.54 Å². The van der Waals surface area contributed by atoms with E-state index in [9.17, 15) is 29.7 Å². The maximum Gasteiger partial charge on any atom is 0.317 e. The van der Waals surface area contributed by atoms with Crippen LogP contribution in [0.25, 0.3) is 0 Å². The van der Waals surface area contributed by atoms with E-state index >= 15 is 0 Å². The topological polar surface area (TPSA) is 125 Å². The van der Waals surface area contributed by atoms with Gasteiger partial charge in [-0.05, 0) is 17.7 Å². The number of hydrogen-bond donors (Lipinski definition) is 3. The Kier molecular flexibility index (Phi) is 11.0. The molecule has 0 spiro atoms. The minimum absolute atomic E-state index is 0.113. The largest absolute Gasteiger partial charge is 0.480 e. The molecule has 3 N–H and O–H groups in total. The number of halogens is 1. The van der Waals surface area contributed by atoms with Crippen LogP contribution in [0.1, 0.15) is 5.56 Å². The number of rotatable bonds is 8. The van der Waals surface area contributed by atoms with Gasteiger partial charge in [0, 0.05) is 63.4 Å². The van der Waals surface area contributed by atoms with E-state index in [-0.39, 0.29) is 19.6 Å². The Morgan fingerprint density at radius 2 is 0.938 bits per heavy atom. The third kappa shape index (κ3) is 10.5. The van der Waals surface area contributed by atoms with Gasteiger partial charge in [0.25, 0.3) is 0 Å². The Bertz CT molecular complexity index is 731. The van der Waals surface area contributed by atoms with Crippen LogP contribution < -0.4 is 0 Å². The highest BCUT2D eigenvalue weighted by Gasteiger charge is 2.20. The lowest BCUT2D eigenvalue weighted by atomic mass is 10.2. The quantitative estimate of drug-likeness (QED) is 0.449. The van der Waals surface area contributed by atoms with Crippen molar-refractivity contribution in [3.63, 3.8) is 0 Å². The summed E-state index contributed by atoms with van der Waals surface area (Å²) in [7, 11) is 0. The van der Waals surface area contributed by atoms with Crippen molar-refractivity contribution >= 4 is 33.8 Å². The highest BCUT2D eigenvalue weighted by atomic mass is 79.9. The average Bonchev–Trinajstić information content (AvgIpc) is 2.70. The van der Waals surface area contributed by atoms with Crippen LogP contribution in [-0.4, -0.2) is 125 Å². The van der Waals surface area contributed by atoms with Crippen LogP contribution in [0.3, 0.4) is 0 Å². The van der Waals surface area contributed by atoms with Crippen LogP contribution in [0, 0.1) is 0 Å². The Hall–Kier alpha value is -2.05. The normalized spacial score (nSPS) is 18.5. The molecular weight excluding hydrogens is 484 g/mol. The third-order valence-corrected chi connectivity index (χ3v) is 5.85. The molecule has 1 aliphatic heterocycles. The molecule has 0 bridgehead atoms. The molecule has 1 heterocycles. The molecule has 0 radical (unpaired) electrons. The maximum atomic E-state index is 11.3. The molecule has 2 rings (SSSR count). The molecule has 0 amide bonds. The van der Waals surface area contributed by atoms with Crippen LogP contribution >= 0.6 is 15.9 Å². The lowest BCUT2D eigenvalue weighted by molar-refractivity contribution is -0.140. The summed E-state index contributed by atoms with van der Waals surface area (Å²) in [5.41, 5.74) is 1.11. The second-order valence-electron chi connectivity index (χ2n) is 7.91. The van der Waals surface area contributed by atoms with Crippen molar-refractivity contribution < 1.29 is 29.7 Å². The van der Waals surface area contributed by atoms with Crippen molar-refractivity contribution in [3.05, 3.63) is 34.3 Å². The summed E-state index contributed by atoms with van der Waals surface area (Å²) < 4.78 is 0.987. The molecule has 1 aromatic rings. The van der Waals surface area contributed by atoms with Gasteiger partial charge in [0.05, 0.1) is 19.6 Å². The molecule has 32 heavy (non-hydrogen) atoms. The zero-order valence-corrected chi connectivity index (χ0v) is 19.6. The zero-order chi connectivity index (χ0) is 23.5. The second-order valence-corrected chi connectivity index (χ2v) is 8.83. The molecule has 1 saturated heterocycles. The maximum absolute atomic E-state index is 11.3. The summed E-state index contributed by atoms with van der Waals surface area (Å²) in [6.45, 7) is 4.17. The minimum Gasteiger partial charge on any atom is -0.480 e. The predicted molar refractivity (Wildman–Crippen MR) is 122 cm³/mol. The fourth-order valence-electron chi connectivity index (χ4n) is 3.63. The van der Waals surface area contributed by atoms with Gasteiger partial charge in [0.15, 0.2) is 0 Å². The predicted octanol–water partition coefficient (Wildman–Crippen LogP) is 0.425. The summed E-state index contributed by atoms with van der Waals surface area (Å²) in [6.07, 6.45) is 0. The van der Waals surface area contributed by atoms with Gasteiger partial charge in [0.1, 0.15) is 0 Å². The summed E-state index contributed by atoms with van der Waals surface area (Å²) in [5.74, 6) is -2.81. The van der Waals surface area contributed by atoms with E-state index in [1.807, 2.05) is 34.1 Å². The number of carboxylic acid groups (broad SMARTS) is 3.